The molecule has 0 atom stereocenters. The predicted octanol–water partition coefficient (Wildman–Crippen LogP) is 6.08. The van der Waals surface area contributed by atoms with Crippen LogP contribution in [0, 0.1) is 0 Å². The van der Waals surface area contributed by atoms with Crippen LogP contribution in [0.3, 0.4) is 0 Å². The Balaban J connectivity index is 2.01. The summed E-state index contributed by atoms with van der Waals surface area (Å²) in [4.78, 5) is 11.9. The summed E-state index contributed by atoms with van der Waals surface area (Å²) in [6.07, 6.45) is 0. The first-order chi connectivity index (χ1) is 10.3. The topological polar surface area (TPSA) is 38.3 Å². The lowest BCUT2D eigenvalue weighted by Crippen LogP contribution is -2.20. The van der Waals surface area contributed by atoms with Gasteiger partial charge in [0.2, 0.25) is 0 Å². The number of halogens is 5. The maximum atomic E-state index is 11.9. The van der Waals surface area contributed by atoms with Crippen molar-refractivity contribution in [1.29, 1.82) is 0 Å². The number of amides is 1. The third kappa shape index (κ3) is 4.93. The van der Waals surface area contributed by atoms with Crippen molar-refractivity contribution in [3.63, 3.8) is 0 Å². The maximum Gasteiger partial charge on any atom is 0.262 e. The molecule has 8 heteroatoms. The quantitative estimate of drug-likeness (QED) is 0.621. The van der Waals surface area contributed by atoms with E-state index in [1.807, 2.05) is 0 Å². The lowest BCUT2D eigenvalue weighted by atomic mass is 10.3. The monoisotopic (exact) mass is 441 g/mol. The zero-order valence-corrected chi connectivity index (χ0v) is 15.4. The van der Waals surface area contributed by atoms with Gasteiger partial charge in [-0.1, -0.05) is 46.4 Å². The number of carbonyl (C=O) groups excluding carboxylic acids is 1. The average molecular weight is 444 g/mol. The Bertz CT molecular complexity index is 681. The molecule has 22 heavy (non-hydrogen) atoms. The molecule has 0 aliphatic carbocycles. The van der Waals surface area contributed by atoms with Gasteiger partial charge < -0.3 is 10.1 Å². The highest BCUT2D eigenvalue weighted by molar-refractivity contribution is 9.10. The van der Waals surface area contributed by atoms with Crippen molar-refractivity contribution < 1.29 is 9.53 Å². The number of hydrogen-bond acceptors (Lipinski definition) is 2. The van der Waals surface area contributed by atoms with Gasteiger partial charge in [-0.25, -0.2) is 0 Å². The average Bonchev–Trinajstić information content (AvgIpc) is 2.35. The zero-order valence-electron chi connectivity index (χ0n) is 10.8. The molecule has 0 spiro atoms. The first kappa shape index (κ1) is 17.7. The maximum absolute atomic E-state index is 11.9. The number of benzene rings is 2. The molecule has 2 aromatic rings. The van der Waals surface area contributed by atoms with Crippen LogP contribution >= 0.6 is 62.3 Å². The standard InChI is InChI=1S/C14H8BrCl4NO2/c15-11-4-9(18)5-12(19)14(11)22-6-13(21)20-10-2-7(16)1-8(17)3-10/h1-5H,6H2,(H,20,21). The molecule has 0 fully saturated rings. The van der Waals surface area contributed by atoms with Crippen LogP contribution in [0.4, 0.5) is 5.69 Å². The van der Waals surface area contributed by atoms with Crippen LogP contribution in [0.1, 0.15) is 0 Å². The van der Waals surface area contributed by atoms with E-state index in [-0.39, 0.29) is 12.5 Å². The second-order valence-electron chi connectivity index (χ2n) is 4.19. The van der Waals surface area contributed by atoms with Crippen molar-refractivity contribution in [2.75, 3.05) is 11.9 Å². The van der Waals surface area contributed by atoms with E-state index in [2.05, 4.69) is 21.2 Å². The summed E-state index contributed by atoms with van der Waals surface area (Å²) in [6.45, 7) is -0.232. The van der Waals surface area contributed by atoms with Gasteiger partial charge in [-0.15, -0.1) is 0 Å². The molecule has 2 rings (SSSR count). The van der Waals surface area contributed by atoms with Crippen LogP contribution in [0.5, 0.6) is 5.75 Å². The number of carbonyl (C=O) groups is 1. The molecule has 0 aromatic heterocycles. The molecule has 116 valence electrons. The molecule has 0 heterocycles. The van der Waals surface area contributed by atoms with Gasteiger partial charge in [0.05, 0.1) is 9.50 Å². The van der Waals surface area contributed by atoms with Gasteiger partial charge in [0.25, 0.3) is 5.91 Å². The van der Waals surface area contributed by atoms with Crippen LogP contribution in [-0.2, 0) is 4.79 Å². The van der Waals surface area contributed by atoms with E-state index in [1.54, 1.807) is 24.3 Å². The Labute approximate surface area is 155 Å². The van der Waals surface area contributed by atoms with Crippen molar-refractivity contribution in [3.05, 3.63) is 54.9 Å². The van der Waals surface area contributed by atoms with E-state index in [0.29, 0.717) is 36.0 Å². The van der Waals surface area contributed by atoms with Gasteiger partial charge >= 0.3 is 0 Å². The van der Waals surface area contributed by atoms with E-state index in [4.69, 9.17) is 51.1 Å². The van der Waals surface area contributed by atoms with Gasteiger partial charge in [-0.05, 0) is 46.3 Å². The first-order valence-corrected chi connectivity index (χ1v) is 8.19. The molecule has 1 amide bonds. The molecule has 0 radical (unpaired) electrons. The molecular weight excluding hydrogens is 436 g/mol. The summed E-state index contributed by atoms with van der Waals surface area (Å²) in [7, 11) is 0. The van der Waals surface area contributed by atoms with E-state index in [1.165, 1.54) is 6.07 Å². The van der Waals surface area contributed by atoms with E-state index in [0.717, 1.165) is 0 Å². The van der Waals surface area contributed by atoms with Crippen LogP contribution < -0.4 is 10.1 Å². The first-order valence-electron chi connectivity index (χ1n) is 5.88. The molecule has 1 N–H and O–H groups in total. The van der Waals surface area contributed by atoms with Gasteiger partial charge in [0, 0.05) is 20.8 Å². The second kappa shape index (κ2) is 7.75. The minimum atomic E-state index is -0.378. The van der Waals surface area contributed by atoms with Crippen molar-refractivity contribution in [1.82, 2.24) is 0 Å². The highest BCUT2D eigenvalue weighted by Crippen LogP contribution is 2.36. The predicted molar refractivity (Wildman–Crippen MR) is 94.7 cm³/mol. The number of ether oxygens (including phenoxy) is 1. The van der Waals surface area contributed by atoms with Gasteiger partial charge in [0.1, 0.15) is 0 Å². The minimum Gasteiger partial charge on any atom is -0.481 e. The van der Waals surface area contributed by atoms with Gasteiger partial charge in [-0.3, -0.25) is 4.79 Å². The molecule has 0 bridgehead atoms. The minimum absolute atomic E-state index is 0.232. The van der Waals surface area contributed by atoms with Crippen molar-refractivity contribution in [2.24, 2.45) is 0 Å². The number of hydrogen-bond donors (Lipinski definition) is 1. The summed E-state index contributed by atoms with van der Waals surface area (Å²) < 4.78 is 5.96. The van der Waals surface area contributed by atoms with Crippen LogP contribution in [0.25, 0.3) is 0 Å². The summed E-state index contributed by atoms with van der Waals surface area (Å²) in [6, 6.07) is 7.88. The summed E-state index contributed by atoms with van der Waals surface area (Å²) >= 11 is 26.9. The molecular formula is C14H8BrCl4NO2. The Kier molecular flexibility index (Phi) is 6.24. The van der Waals surface area contributed by atoms with Gasteiger partial charge in [0.15, 0.2) is 12.4 Å². The zero-order chi connectivity index (χ0) is 16.3. The normalized spacial score (nSPS) is 10.4. The summed E-state index contributed by atoms with van der Waals surface area (Å²) in [5.41, 5.74) is 0.479. The molecule has 0 saturated heterocycles. The van der Waals surface area contributed by atoms with Crippen LogP contribution in [-0.4, -0.2) is 12.5 Å². The molecule has 0 aliphatic rings. The number of rotatable bonds is 4. The van der Waals surface area contributed by atoms with Crippen molar-refractivity contribution >= 4 is 73.9 Å². The fraction of sp³-hybridized carbons (Fsp3) is 0.0714. The Hall–Kier alpha value is -0.650. The smallest absolute Gasteiger partial charge is 0.262 e. The molecule has 2 aromatic carbocycles. The summed E-state index contributed by atoms with van der Waals surface area (Å²) in [5.74, 6) is -0.0402. The van der Waals surface area contributed by atoms with E-state index in [9.17, 15) is 4.79 Å². The molecule has 0 unspecified atom stereocenters. The largest absolute Gasteiger partial charge is 0.481 e. The second-order valence-corrected chi connectivity index (χ2v) is 6.76. The summed E-state index contributed by atoms with van der Waals surface area (Å²) in [5, 5.41) is 4.24. The van der Waals surface area contributed by atoms with Crippen molar-refractivity contribution in [3.8, 4) is 5.75 Å². The fourth-order valence-corrected chi connectivity index (χ4v) is 3.52. The number of nitrogens with one attached hydrogen (secondary N) is 1. The highest BCUT2D eigenvalue weighted by Gasteiger charge is 2.11. The van der Waals surface area contributed by atoms with Crippen LogP contribution in [0.2, 0.25) is 20.1 Å². The Morgan fingerprint density at radius 1 is 1.00 bits per heavy atom. The molecule has 0 saturated carbocycles. The lowest BCUT2D eigenvalue weighted by Gasteiger charge is -2.11. The number of anilines is 1. The molecule has 3 nitrogen and oxygen atoms in total. The third-order valence-corrected chi connectivity index (χ3v) is 3.98. The lowest BCUT2D eigenvalue weighted by molar-refractivity contribution is -0.118. The van der Waals surface area contributed by atoms with Gasteiger partial charge in [-0.2, -0.15) is 0 Å². The highest BCUT2D eigenvalue weighted by atomic mass is 79.9. The molecule has 0 aliphatic heterocycles. The Morgan fingerprint density at radius 2 is 1.59 bits per heavy atom. The van der Waals surface area contributed by atoms with Crippen molar-refractivity contribution in [2.45, 2.75) is 0 Å². The Morgan fingerprint density at radius 3 is 2.18 bits per heavy atom. The third-order valence-electron chi connectivity index (χ3n) is 2.46. The van der Waals surface area contributed by atoms with E-state index < -0.39 is 0 Å². The SMILES string of the molecule is O=C(COc1c(Cl)cc(Cl)cc1Br)Nc1cc(Cl)cc(Cl)c1. The fourth-order valence-electron chi connectivity index (χ4n) is 1.63. The van der Waals surface area contributed by atoms with Crippen LogP contribution in [0.15, 0.2) is 34.8 Å². The van der Waals surface area contributed by atoms with E-state index >= 15 is 0 Å².